The first kappa shape index (κ1) is 23.3. The summed E-state index contributed by atoms with van der Waals surface area (Å²) in [7, 11) is -0.826. The Bertz CT molecular complexity index is 1120. The summed E-state index contributed by atoms with van der Waals surface area (Å²) in [5, 5.41) is 3.71. The van der Waals surface area contributed by atoms with Crippen molar-refractivity contribution in [3.8, 4) is 0 Å². The Labute approximate surface area is 206 Å². The summed E-state index contributed by atoms with van der Waals surface area (Å²) in [4.78, 5) is 16.5. The number of benzene rings is 3. The second-order valence-corrected chi connectivity index (χ2v) is 12.9. The fourth-order valence-electron chi connectivity index (χ4n) is 6.72. The van der Waals surface area contributed by atoms with E-state index in [0.29, 0.717) is 12.0 Å². The van der Waals surface area contributed by atoms with Crippen molar-refractivity contribution in [2.24, 2.45) is 16.7 Å². The van der Waals surface area contributed by atoms with Crippen LogP contribution in [0.3, 0.4) is 0 Å². The van der Waals surface area contributed by atoms with Crippen LogP contribution >= 0.6 is 7.92 Å². The Balaban J connectivity index is 1.58. The molecular formula is C31H36NOP. The van der Waals surface area contributed by atoms with Gasteiger partial charge >= 0.3 is 0 Å². The van der Waals surface area contributed by atoms with Crippen molar-refractivity contribution in [1.82, 2.24) is 4.90 Å². The molecule has 0 unspecified atom stereocenters. The number of carbonyl (C=O) groups excluding carboxylic acids is 1. The molecular weight excluding hydrogens is 433 g/mol. The van der Waals surface area contributed by atoms with E-state index in [0.717, 1.165) is 23.8 Å². The molecule has 3 aromatic carbocycles. The number of amides is 1. The van der Waals surface area contributed by atoms with Gasteiger partial charge < -0.3 is 4.90 Å². The molecule has 0 heterocycles. The summed E-state index contributed by atoms with van der Waals surface area (Å²) in [5.41, 5.74) is 1.33. The molecule has 1 amide bonds. The van der Waals surface area contributed by atoms with E-state index < -0.39 is 7.92 Å². The van der Waals surface area contributed by atoms with E-state index in [1.807, 2.05) is 6.07 Å². The minimum absolute atomic E-state index is 0.182. The highest BCUT2D eigenvalue weighted by atomic mass is 31.1. The zero-order valence-corrected chi connectivity index (χ0v) is 21.8. The molecule has 2 nitrogen and oxygen atoms in total. The molecule has 2 aliphatic carbocycles. The highest BCUT2D eigenvalue weighted by Gasteiger charge is 2.63. The molecule has 5 rings (SSSR count). The van der Waals surface area contributed by atoms with E-state index >= 15 is 0 Å². The molecule has 34 heavy (non-hydrogen) atoms. The third-order valence-electron chi connectivity index (χ3n) is 9.13. The van der Waals surface area contributed by atoms with Gasteiger partial charge in [0.15, 0.2) is 0 Å². The maximum Gasteiger partial charge on any atom is 0.254 e. The van der Waals surface area contributed by atoms with Crippen molar-refractivity contribution in [2.75, 3.05) is 6.54 Å². The molecule has 0 aromatic heterocycles. The molecule has 2 aliphatic rings. The SMILES string of the molecule is CCN(C(=O)c1ccccc1P(c1ccccc1)c1ccccc1)[C@@H]1C[C@H]2CC[C@]1(C)C2(C)C. The largest absolute Gasteiger partial charge is 0.335 e. The van der Waals surface area contributed by atoms with E-state index in [-0.39, 0.29) is 16.7 Å². The second-order valence-electron chi connectivity index (χ2n) is 10.7. The van der Waals surface area contributed by atoms with Crippen LogP contribution in [0, 0.1) is 16.7 Å². The van der Waals surface area contributed by atoms with Gasteiger partial charge in [-0.3, -0.25) is 4.79 Å². The highest BCUT2D eigenvalue weighted by molar-refractivity contribution is 7.80. The quantitative estimate of drug-likeness (QED) is 0.398. The fraction of sp³-hybridized carbons (Fsp3) is 0.387. The predicted molar refractivity (Wildman–Crippen MR) is 145 cm³/mol. The Hall–Kier alpha value is -2.44. The first-order valence-electron chi connectivity index (χ1n) is 12.7. The van der Waals surface area contributed by atoms with E-state index in [1.54, 1.807) is 0 Å². The lowest BCUT2D eigenvalue weighted by atomic mass is 9.68. The summed E-state index contributed by atoms with van der Waals surface area (Å²) < 4.78 is 0. The number of hydrogen-bond donors (Lipinski definition) is 0. The van der Waals surface area contributed by atoms with Gasteiger partial charge in [-0.25, -0.2) is 0 Å². The molecule has 0 spiro atoms. The lowest BCUT2D eigenvalue weighted by molar-refractivity contribution is 0.0343. The molecule has 3 aromatic rings. The van der Waals surface area contributed by atoms with Gasteiger partial charge in [-0.2, -0.15) is 0 Å². The minimum atomic E-state index is -0.826. The summed E-state index contributed by atoms with van der Waals surface area (Å²) >= 11 is 0. The van der Waals surface area contributed by atoms with Crippen LogP contribution < -0.4 is 15.9 Å². The topological polar surface area (TPSA) is 20.3 Å². The molecule has 3 heteroatoms. The Morgan fingerprint density at radius 2 is 1.44 bits per heavy atom. The zero-order valence-electron chi connectivity index (χ0n) is 20.9. The molecule has 3 atom stereocenters. The smallest absolute Gasteiger partial charge is 0.254 e. The summed E-state index contributed by atoms with van der Waals surface area (Å²) in [6.45, 7) is 10.2. The van der Waals surface area contributed by atoms with Gasteiger partial charge in [0.25, 0.3) is 5.91 Å². The van der Waals surface area contributed by atoms with Gasteiger partial charge in [-0.1, -0.05) is 99.6 Å². The number of fused-ring (bicyclic) bond motifs is 2. The van der Waals surface area contributed by atoms with Crippen LogP contribution in [-0.4, -0.2) is 23.4 Å². The van der Waals surface area contributed by atoms with Crippen molar-refractivity contribution < 1.29 is 4.79 Å². The monoisotopic (exact) mass is 469 g/mol. The second kappa shape index (κ2) is 8.97. The molecule has 0 saturated heterocycles. The minimum Gasteiger partial charge on any atom is -0.335 e. The summed E-state index contributed by atoms with van der Waals surface area (Å²) in [6.07, 6.45) is 3.66. The highest BCUT2D eigenvalue weighted by Crippen LogP contribution is 2.66. The van der Waals surface area contributed by atoms with Gasteiger partial charge in [-0.05, 0) is 72.8 Å². The van der Waals surface area contributed by atoms with E-state index in [2.05, 4.69) is 111 Å². The molecule has 176 valence electrons. The van der Waals surface area contributed by atoms with Crippen LogP contribution in [0.15, 0.2) is 84.9 Å². The third-order valence-corrected chi connectivity index (χ3v) is 11.6. The molecule has 0 radical (unpaired) electrons. The number of hydrogen-bond acceptors (Lipinski definition) is 1. The molecule has 2 saturated carbocycles. The van der Waals surface area contributed by atoms with Gasteiger partial charge in [0.1, 0.15) is 0 Å². The van der Waals surface area contributed by atoms with Crippen LogP contribution in [0.5, 0.6) is 0 Å². The van der Waals surface area contributed by atoms with E-state index in [9.17, 15) is 4.79 Å². The van der Waals surface area contributed by atoms with Crippen molar-refractivity contribution in [3.05, 3.63) is 90.5 Å². The van der Waals surface area contributed by atoms with Crippen LogP contribution in [0.4, 0.5) is 0 Å². The van der Waals surface area contributed by atoms with Crippen LogP contribution in [-0.2, 0) is 0 Å². The van der Waals surface area contributed by atoms with Crippen LogP contribution in [0.1, 0.15) is 57.3 Å². The molecule has 0 aliphatic heterocycles. The van der Waals surface area contributed by atoms with Crippen molar-refractivity contribution in [1.29, 1.82) is 0 Å². The van der Waals surface area contributed by atoms with Crippen LogP contribution in [0.2, 0.25) is 0 Å². The predicted octanol–water partition coefficient (Wildman–Crippen LogP) is 6.12. The van der Waals surface area contributed by atoms with Crippen molar-refractivity contribution in [3.63, 3.8) is 0 Å². The molecule has 2 fully saturated rings. The first-order chi connectivity index (χ1) is 16.4. The van der Waals surface area contributed by atoms with Gasteiger partial charge in [0, 0.05) is 18.2 Å². The summed E-state index contributed by atoms with van der Waals surface area (Å²) in [5.74, 6) is 0.914. The molecule has 0 N–H and O–H groups in total. The van der Waals surface area contributed by atoms with Crippen molar-refractivity contribution in [2.45, 2.75) is 53.0 Å². The normalized spacial score (nSPS) is 25.0. The van der Waals surface area contributed by atoms with Crippen LogP contribution in [0.25, 0.3) is 0 Å². The fourth-order valence-corrected chi connectivity index (χ4v) is 9.17. The standard InChI is InChI=1S/C31H36NOP/c1-5-32(28-22-23-20-21-31(28,4)30(23,2)3)29(33)26-18-12-13-19-27(26)34(24-14-8-6-9-15-24)25-16-10-7-11-17-25/h6-19,23,28H,5,20-22H2,1-4H3/t23-,28-,31+/m1/s1. The van der Waals surface area contributed by atoms with Gasteiger partial charge in [0.05, 0.1) is 0 Å². The zero-order chi connectivity index (χ0) is 23.9. The maximum absolute atomic E-state index is 14.3. The average molecular weight is 470 g/mol. The molecule has 2 bridgehead atoms. The van der Waals surface area contributed by atoms with E-state index in [1.165, 1.54) is 23.5 Å². The Morgan fingerprint density at radius 1 is 0.882 bits per heavy atom. The Morgan fingerprint density at radius 3 is 1.94 bits per heavy atom. The maximum atomic E-state index is 14.3. The number of rotatable bonds is 6. The third kappa shape index (κ3) is 3.62. The van der Waals surface area contributed by atoms with E-state index in [4.69, 9.17) is 0 Å². The Kier molecular flexibility index (Phi) is 6.15. The number of carbonyl (C=O) groups is 1. The first-order valence-corrected chi connectivity index (χ1v) is 14.0. The van der Waals surface area contributed by atoms with Crippen molar-refractivity contribution >= 4 is 29.7 Å². The number of nitrogens with zero attached hydrogens (tertiary/aromatic N) is 1. The average Bonchev–Trinajstić information content (AvgIpc) is 3.20. The van der Waals surface area contributed by atoms with Gasteiger partial charge in [0.2, 0.25) is 0 Å². The summed E-state index contributed by atoms with van der Waals surface area (Å²) in [6, 6.07) is 30.0. The lowest BCUT2D eigenvalue weighted by Gasteiger charge is -2.44. The lowest BCUT2D eigenvalue weighted by Crippen LogP contribution is -2.50. The van der Waals surface area contributed by atoms with Gasteiger partial charge in [-0.15, -0.1) is 0 Å².